The second-order valence-corrected chi connectivity index (χ2v) is 4.92. The van der Waals surface area contributed by atoms with Crippen LogP contribution in [-0.4, -0.2) is 48.7 Å². The molecule has 0 bridgehead atoms. The molecule has 0 aromatic heterocycles. The summed E-state index contributed by atoms with van der Waals surface area (Å²) in [5.74, 6) is -1.86. The van der Waals surface area contributed by atoms with Crippen LogP contribution >= 0.6 is 0 Å². The molecule has 7 nitrogen and oxygen atoms in total. The van der Waals surface area contributed by atoms with Crippen molar-refractivity contribution in [2.75, 3.05) is 19.8 Å². The summed E-state index contributed by atoms with van der Waals surface area (Å²) in [5.41, 5.74) is 0. The van der Waals surface area contributed by atoms with Gasteiger partial charge in [-0.25, -0.2) is 4.79 Å². The molecule has 20 heavy (non-hydrogen) atoms. The molecule has 0 heterocycles. The van der Waals surface area contributed by atoms with Crippen molar-refractivity contribution in [2.45, 2.75) is 39.7 Å². The summed E-state index contributed by atoms with van der Waals surface area (Å²) in [6.07, 6.45) is 1.15. The first-order valence-electron chi connectivity index (χ1n) is 6.73. The predicted molar refractivity (Wildman–Crippen MR) is 73.1 cm³/mol. The zero-order valence-electron chi connectivity index (χ0n) is 12.3. The highest BCUT2D eigenvalue weighted by Crippen LogP contribution is 2.04. The predicted octanol–water partition coefficient (Wildman–Crippen LogP) is 0.145. The van der Waals surface area contributed by atoms with Crippen molar-refractivity contribution in [3.05, 3.63) is 0 Å². The summed E-state index contributed by atoms with van der Waals surface area (Å²) in [6.45, 7) is 5.79. The van der Waals surface area contributed by atoms with Gasteiger partial charge in [0.15, 0.2) is 0 Å². The van der Waals surface area contributed by atoms with E-state index in [2.05, 4.69) is 10.6 Å². The van der Waals surface area contributed by atoms with Crippen molar-refractivity contribution in [1.29, 1.82) is 0 Å². The molecule has 0 radical (unpaired) electrons. The van der Waals surface area contributed by atoms with Crippen LogP contribution in [0.25, 0.3) is 0 Å². The Bertz CT molecular complexity index is 331. The van der Waals surface area contributed by atoms with Crippen molar-refractivity contribution < 1.29 is 24.2 Å². The minimum atomic E-state index is -1.08. The van der Waals surface area contributed by atoms with Crippen LogP contribution in [0.2, 0.25) is 0 Å². The smallest absolute Gasteiger partial charge is 0.326 e. The van der Waals surface area contributed by atoms with E-state index in [-0.39, 0.29) is 19.1 Å². The number of carboxylic acid groups (broad SMARTS) is 1. The van der Waals surface area contributed by atoms with E-state index in [4.69, 9.17) is 9.84 Å². The highest BCUT2D eigenvalue weighted by atomic mass is 16.5. The number of hydrogen-bond acceptors (Lipinski definition) is 4. The molecule has 0 fully saturated rings. The van der Waals surface area contributed by atoms with Crippen LogP contribution in [0.4, 0.5) is 0 Å². The van der Waals surface area contributed by atoms with E-state index in [0.717, 1.165) is 6.42 Å². The Kier molecular flexibility index (Phi) is 9.36. The Balaban J connectivity index is 4.01. The molecule has 0 aromatic carbocycles. The Morgan fingerprint density at radius 3 is 2.35 bits per heavy atom. The zero-order valence-corrected chi connectivity index (χ0v) is 12.3. The molecular formula is C13H24N2O5. The summed E-state index contributed by atoms with van der Waals surface area (Å²) in [5, 5.41) is 13.7. The summed E-state index contributed by atoms with van der Waals surface area (Å²) >= 11 is 0. The van der Waals surface area contributed by atoms with E-state index in [9.17, 15) is 14.4 Å². The molecule has 0 aromatic rings. The van der Waals surface area contributed by atoms with Crippen molar-refractivity contribution in [3.63, 3.8) is 0 Å². The fourth-order valence-electron chi connectivity index (χ4n) is 1.48. The van der Waals surface area contributed by atoms with Crippen molar-refractivity contribution in [1.82, 2.24) is 10.6 Å². The Hall–Kier alpha value is -1.63. The zero-order chi connectivity index (χ0) is 15.5. The molecule has 7 heteroatoms. The van der Waals surface area contributed by atoms with E-state index < -0.39 is 23.8 Å². The van der Waals surface area contributed by atoms with E-state index >= 15 is 0 Å². The van der Waals surface area contributed by atoms with Gasteiger partial charge >= 0.3 is 5.97 Å². The van der Waals surface area contributed by atoms with Crippen LogP contribution in [-0.2, 0) is 19.1 Å². The van der Waals surface area contributed by atoms with Crippen LogP contribution in [0.15, 0.2) is 0 Å². The lowest BCUT2D eigenvalue weighted by atomic mass is 10.0. The first-order valence-corrected chi connectivity index (χ1v) is 6.73. The SMILES string of the molecule is CCCOCC(=O)NCC(=O)N[C@@H](CC(C)C)C(=O)O. The van der Waals surface area contributed by atoms with Crippen LogP contribution in [0.5, 0.6) is 0 Å². The summed E-state index contributed by atoms with van der Waals surface area (Å²) in [7, 11) is 0. The molecule has 0 saturated carbocycles. The minimum Gasteiger partial charge on any atom is -0.480 e. The first kappa shape index (κ1) is 18.4. The fraction of sp³-hybridized carbons (Fsp3) is 0.769. The van der Waals surface area contributed by atoms with Gasteiger partial charge in [-0.1, -0.05) is 20.8 Å². The van der Waals surface area contributed by atoms with Gasteiger partial charge in [0, 0.05) is 6.61 Å². The molecule has 0 unspecified atom stereocenters. The third kappa shape index (κ3) is 9.32. The molecule has 116 valence electrons. The number of carbonyl (C=O) groups is 3. The number of carbonyl (C=O) groups excluding carboxylic acids is 2. The Labute approximate surface area is 119 Å². The van der Waals surface area contributed by atoms with Gasteiger partial charge in [-0.05, 0) is 18.8 Å². The fourth-order valence-corrected chi connectivity index (χ4v) is 1.48. The standard InChI is InChI=1S/C13H24N2O5/c1-4-5-20-8-12(17)14-7-11(16)15-10(13(18)19)6-9(2)3/h9-10H,4-8H2,1-3H3,(H,14,17)(H,15,16)(H,18,19)/t10-/m0/s1. The molecule has 1 atom stereocenters. The summed E-state index contributed by atoms with van der Waals surface area (Å²) in [6, 6.07) is -0.934. The number of carboxylic acids is 1. The monoisotopic (exact) mass is 288 g/mol. The lowest BCUT2D eigenvalue weighted by Crippen LogP contribution is -2.46. The van der Waals surface area contributed by atoms with Crippen molar-refractivity contribution in [3.8, 4) is 0 Å². The maximum absolute atomic E-state index is 11.5. The first-order chi connectivity index (χ1) is 9.36. The molecule has 0 saturated heterocycles. The maximum Gasteiger partial charge on any atom is 0.326 e. The quantitative estimate of drug-likeness (QED) is 0.496. The minimum absolute atomic E-state index is 0.102. The number of ether oxygens (including phenoxy) is 1. The number of amides is 2. The van der Waals surface area contributed by atoms with Gasteiger partial charge in [0.05, 0.1) is 6.54 Å². The van der Waals surface area contributed by atoms with E-state index in [0.29, 0.717) is 13.0 Å². The third-order valence-corrected chi connectivity index (χ3v) is 2.37. The number of nitrogens with one attached hydrogen (secondary N) is 2. The Morgan fingerprint density at radius 1 is 1.20 bits per heavy atom. The molecule has 3 N–H and O–H groups in total. The number of rotatable bonds is 10. The normalized spacial score (nSPS) is 12.0. The highest BCUT2D eigenvalue weighted by Gasteiger charge is 2.21. The van der Waals surface area contributed by atoms with Gasteiger partial charge in [-0.3, -0.25) is 9.59 Å². The lowest BCUT2D eigenvalue weighted by molar-refractivity contribution is -0.142. The van der Waals surface area contributed by atoms with Gasteiger partial charge < -0.3 is 20.5 Å². The van der Waals surface area contributed by atoms with Gasteiger partial charge in [0.25, 0.3) is 0 Å². The van der Waals surface area contributed by atoms with Crippen molar-refractivity contribution in [2.24, 2.45) is 5.92 Å². The van der Waals surface area contributed by atoms with E-state index in [1.165, 1.54) is 0 Å². The average Bonchev–Trinajstić information content (AvgIpc) is 2.35. The molecule has 2 amide bonds. The molecule has 0 aliphatic heterocycles. The molecule has 0 spiro atoms. The van der Waals surface area contributed by atoms with Gasteiger partial charge in [0.2, 0.25) is 11.8 Å². The Morgan fingerprint density at radius 2 is 1.85 bits per heavy atom. The average molecular weight is 288 g/mol. The maximum atomic E-state index is 11.5. The second kappa shape index (κ2) is 10.2. The van der Waals surface area contributed by atoms with E-state index in [1.54, 1.807) is 0 Å². The summed E-state index contributed by atoms with van der Waals surface area (Å²) < 4.78 is 5.01. The number of aliphatic carboxylic acids is 1. The highest BCUT2D eigenvalue weighted by molar-refractivity contribution is 5.88. The topological polar surface area (TPSA) is 105 Å². The largest absolute Gasteiger partial charge is 0.480 e. The second-order valence-electron chi connectivity index (χ2n) is 4.92. The van der Waals surface area contributed by atoms with Crippen LogP contribution < -0.4 is 10.6 Å². The van der Waals surface area contributed by atoms with Crippen LogP contribution in [0.3, 0.4) is 0 Å². The molecule has 0 rings (SSSR count). The lowest BCUT2D eigenvalue weighted by Gasteiger charge is -2.16. The van der Waals surface area contributed by atoms with Crippen LogP contribution in [0, 0.1) is 5.92 Å². The molecular weight excluding hydrogens is 264 g/mol. The van der Waals surface area contributed by atoms with Crippen LogP contribution in [0.1, 0.15) is 33.6 Å². The van der Waals surface area contributed by atoms with E-state index in [1.807, 2.05) is 20.8 Å². The van der Waals surface area contributed by atoms with Gasteiger partial charge in [-0.15, -0.1) is 0 Å². The number of hydrogen-bond donors (Lipinski definition) is 3. The van der Waals surface area contributed by atoms with Crippen molar-refractivity contribution >= 4 is 17.8 Å². The molecule has 0 aliphatic rings. The van der Waals surface area contributed by atoms with Gasteiger partial charge in [0.1, 0.15) is 12.6 Å². The van der Waals surface area contributed by atoms with Gasteiger partial charge in [-0.2, -0.15) is 0 Å². The summed E-state index contributed by atoms with van der Waals surface area (Å²) in [4.78, 5) is 33.8. The molecule has 0 aliphatic carbocycles. The third-order valence-electron chi connectivity index (χ3n) is 2.37.